The Morgan fingerprint density at radius 1 is 0.933 bits per heavy atom. The molecule has 9 nitrogen and oxygen atoms in total. The van der Waals surface area contributed by atoms with Gasteiger partial charge in [0.15, 0.2) is 11.3 Å². The summed E-state index contributed by atoms with van der Waals surface area (Å²) in [4.78, 5) is 3.16. The first-order chi connectivity index (χ1) is 14.7. The van der Waals surface area contributed by atoms with Crippen molar-refractivity contribution < 1.29 is 0 Å². The van der Waals surface area contributed by atoms with Crippen LogP contribution in [-0.4, -0.2) is 30.0 Å². The maximum atomic E-state index is 9.67. The van der Waals surface area contributed by atoms with Gasteiger partial charge in [-0.2, -0.15) is 10.4 Å². The first kappa shape index (κ1) is 17.5. The molecule has 0 aliphatic carbocycles. The second kappa shape index (κ2) is 7.10. The monoisotopic (exact) mass is 393 g/mol. The fourth-order valence-electron chi connectivity index (χ4n) is 3.23. The smallest absolute Gasteiger partial charge is 0.213 e. The van der Waals surface area contributed by atoms with Gasteiger partial charge < -0.3 is 4.98 Å². The molecule has 3 heterocycles. The van der Waals surface area contributed by atoms with Gasteiger partial charge in [0.1, 0.15) is 23.2 Å². The Morgan fingerprint density at radius 2 is 1.63 bits per heavy atom. The van der Waals surface area contributed by atoms with Gasteiger partial charge in [0.2, 0.25) is 5.82 Å². The minimum Gasteiger partial charge on any atom is -0.324 e. The molecule has 9 heteroatoms. The highest BCUT2D eigenvalue weighted by Crippen LogP contribution is 2.35. The van der Waals surface area contributed by atoms with Crippen LogP contribution in [0.2, 0.25) is 0 Å². The lowest BCUT2D eigenvalue weighted by Gasteiger charge is -1.97. The summed E-state index contributed by atoms with van der Waals surface area (Å²) in [5.74, 6) is 0.920. The molecule has 0 radical (unpaired) electrons. The molecule has 2 aromatic carbocycles. The van der Waals surface area contributed by atoms with Crippen LogP contribution < -0.4 is 0 Å². The number of rotatable bonds is 4. The molecule has 0 saturated carbocycles. The quantitative estimate of drug-likeness (QED) is 0.429. The lowest BCUT2D eigenvalue weighted by Crippen LogP contribution is -1.87. The highest BCUT2D eigenvalue weighted by Gasteiger charge is 2.19. The summed E-state index contributed by atoms with van der Waals surface area (Å²) in [6, 6.07) is 21.3. The van der Waals surface area contributed by atoms with Crippen molar-refractivity contribution in [1.29, 1.82) is 5.26 Å². The third-order valence-corrected chi connectivity index (χ3v) is 4.60. The predicted molar refractivity (Wildman–Crippen MR) is 110 cm³/mol. The number of azo groups is 1. The minimum absolute atomic E-state index is 0.214. The molecule has 0 unspecified atom stereocenters. The van der Waals surface area contributed by atoms with E-state index in [1.165, 1.54) is 4.63 Å². The lowest BCUT2D eigenvalue weighted by molar-refractivity contribution is 0.809. The summed E-state index contributed by atoms with van der Waals surface area (Å²) < 4.78 is 1.50. The van der Waals surface area contributed by atoms with Crippen LogP contribution in [0.15, 0.2) is 70.9 Å². The van der Waals surface area contributed by atoms with Gasteiger partial charge in [-0.1, -0.05) is 60.7 Å². The van der Waals surface area contributed by atoms with E-state index in [1.807, 2.05) is 67.6 Å². The Kier molecular flexibility index (Phi) is 4.15. The molecular weight excluding hydrogens is 378 g/mol. The Morgan fingerprint density at radius 3 is 2.33 bits per heavy atom. The average molecular weight is 393 g/mol. The summed E-state index contributed by atoms with van der Waals surface area (Å²) in [5.41, 5.74) is 4.45. The minimum atomic E-state index is 0.214. The number of nitrogens with zero attached hydrogens (tertiary/aromatic N) is 7. The van der Waals surface area contributed by atoms with Gasteiger partial charge in [0.25, 0.3) is 0 Å². The average Bonchev–Trinajstić information content (AvgIpc) is 3.45. The van der Waals surface area contributed by atoms with Crippen molar-refractivity contribution in [1.82, 2.24) is 30.0 Å². The summed E-state index contributed by atoms with van der Waals surface area (Å²) in [7, 11) is 0. The molecule has 0 bridgehead atoms. The fraction of sp³-hybridized carbons (Fsp3) is 0.0476. The number of nitrogens with one attached hydrogen (secondary N) is 2. The molecule has 30 heavy (non-hydrogen) atoms. The van der Waals surface area contributed by atoms with Crippen molar-refractivity contribution in [2.45, 2.75) is 6.92 Å². The van der Waals surface area contributed by atoms with E-state index < -0.39 is 0 Å². The molecule has 0 amide bonds. The van der Waals surface area contributed by atoms with Crippen LogP contribution in [0.4, 0.5) is 11.5 Å². The van der Waals surface area contributed by atoms with Gasteiger partial charge in [-0.3, -0.25) is 5.10 Å². The third kappa shape index (κ3) is 2.93. The Hall–Kier alpha value is -4.58. The zero-order valence-electron chi connectivity index (χ0n) is 15.9. The van der Waals surface area contributed by atoms with Crippen LogP contribution in [0, 0.1) is 18.3 Å². The van der Waals surface area contributed by atoms with Crippen molar-refractivity contribution in [3.63, 3.8) is 0 Å². The molecular formula is C21H15N9. The van der Waals surface area contributed by atoms with Crippen LogP contribution in [0.1, 0.15) is 11.4 Å². The van der Waals surface area contributed by atoms with E-state index in [9.17, 15) is 5.26 Å². The number of hydrogen-bond donors (Lipinski definition) is 2. The molecule has 5 aromatic rings. The van der Waals surface area contributed by atoms with E-state index in [-0.39, 0.29) is 5.82 Å². The molecule has 3 aromatic heterocycles. The highest BCUT2D eigenvalue weighted by molar-refractivity contribution is 5.82. The number of aryl methyl sites for hydroxylation is 1. The molecule has 2 N–H and O–H groups in total. The largest absolute Gasteiger partial charge is 0.324 e. The Balaban J connectivity index is 1.61. The third-order valence-electron chi connectivity index (χ3n) is 4.60. The van der Waals surface area contributed by atoms with Gasteiger partial charge in [0, 0.05) is 11.1 Å². The maximum absolute atomic E-state index is 9.67. The predicted octanol–water partition coefficient (Wildman–Crippen LogP) is 4.71. The van der Waals surface area contributed by atoms with E-state index >= 15 is 0 Å². The molecule has 0 saturated heterocycles. The second-order valence-electron chi connectivity index (χ2n) is 6.59. The van der Waals surface area contributed by atoms with Crippen LogP contribution >= 0.6 is 0 Å². The molecule has 5 rings (SSSR count). The van der Waals surface area contributed by atoms with Gasteiger partial charge in [-0.05, 0) is 6.92 Å². The first-order valence-electron chi connectivity index (χ1n) is 9.21. The van der Waals surface area contributed by atoms with Crippen molar-refractivity contribution >= 4 is 17.2 Å². The number of hydrogen-bond acceptors (Lipinski definition) is 6. The normalized spacial score (nSPS) is 11.3. The highest BCUT2D eigenvalue weighted by atomic mass is 15.5. The van der Waals surface area contributed by atoms with Crippen LogP contribution in [0.5, 0.6) is 0 Å². The van der Waals surface area contributed by atoms with Crippen molar-refractivity contribution in [2.75, 3.05) is 0 Å². The zero-order valence-corrected chi connectivity index (χ0v) is 15.9. The molecule has 0 aliphatic rings. The SMILES string of the molecule is Cc1nn2nc(-c3ccccc3)c(/N=N/c3n[nH]c(-c4ccccc4)c3C#N)c2[nH]1. The molecule has 144 valence electrons. The zero-order chi connectivity index (χ0) is 20.5. The molecule has 0 atom stereocenters. The molecule has 0 spiro atoms. The van der Waals surface area contributed by atoms with Crippen LogP contribution in [0.25, 0.3) is 28.2 Å². The molecule has 0 fully saturated rings. The van der Waals surface area contributed by atoms with Crippen LogP contribution in [0.3, 0.4) is 0 Å². The Bertz CT molecular complexity index is 1400. The second-order valence-corrected chi connectivity index (χ2v) is 6.59. The first-order valence-corrected chi connectivity index (χ1v) is 9.21. The molecule has 0 aliphatic heterocycles. The van der Waals surface area contributed by atoms with Crippen LogP contribution in [-0.2, 0) is 0 Å². The fourth-order valence-corrected chi connectivity index (χ4v) is 3.23. The van der Waals surface area contributed by atoms with Gasteiger partial charge in [-0.15, -0.1) is 25.1 Å². The van der Waals surface area contributed by atoms with Crippen molar-refractivity contribution in [3.8, 4) is 28.6 Å². The number of H-pyrrole nitrogens is 2. The van der Waals surface area contributed by atoms with Gasteiger partial charge >= 0.3 is 0 Å². The Labute approximate surface area is 170 Å². The van der Waals surface area contributed by atoms with E-state index in [2.05, 4.69) is 41.7 Å². The lowest BCUT2D eigenvalue weighted by atomic mass is 10.1. The number of aromatic nitrogens is 6. The summed E-state index contributed by atoms with van der Waals surface area (Å²) in [6.45, 7) is 1.84. The number of benzene rings is 2. The summed E-state index contributed by atoms with van der Waals surface area (Å²) in [6.07, 6.45) is 0. The maximum Gasteiger partial charge on any atom is 0.213 e. The topological polar surface area (TPSA) is 123 Å². The van der Waals surface area contributed by atoms with Crippen molar-refractivity contribution in [3.05, 3.63) is 72.1 Å². The van der Waals surface area contributed by atoms with E-state index in [0.717, 1.165) is 11.1 Å². The summed E-state index contributed by atoms with van der Waals surface area (Å²) >= 11 is 0. The number of fused-ring (bicyclic) bond motifs is 1. The number of nitriles is 1. The van der Waals surface area contributed by atoms with E-state index in [4.69, 9.17) is 0 Å². The van der Waals surface area contributed by atoms with E-state index in [0.29, 0.717) is 34.1 Å². The van der Waals surface area contributed by atoms with E-state index in [1.54, 1.807) is 0 Å². The standard InChI is InChI=1S/C21H15N9/c1-13-23-21-19(18(29-30(21)28-13)15-10-6-3-7-11-15)25-27-20-16(12-22)17(24-26-20)14-8-4-2-5-9-14/h2-11H,1H3,(H,23,28)(H,24,26)/b27-25+. The summed E-state index contributed by atoms with van der Waals surface area (Å²) in [5, 5.41) is 34.3. The van der Waals surface area contributed by atoms with Gasteiger partial charge in [-0.25, -0.2) is 0 Å². The number of aromatic amines is 2. The van der Waals surface area contributed by atoms with Crippen molar-refractivity contribution in [2.24, 2.45) is 10.2 Å². The van der Waals surface area contributed by atoms with Gasteiger partial charge in [0.05, 0.1) is 5.69 Å².